The number of aryl methyl sites for hydroxylation is 1. The van der Waals surface area contributed by atoms with Crippen molar-refractivity contribution in [1.29, 1.82) is 0 Å². The maximum Gasteiger partial charge on any atom is 0.417 e. The Morgan fingerprint density at radius 2 is 2.07 bits per heavy atom. The van der Waals surface area contributed by atoms with Crippen molar-refractivity contribution >= 4 is 39.1 Å². The molecule has 1 N–H and O–H groups in total. The van der Waals surface area contributed by atoms with E-state index in [2.05, 4.69) is 15.3 Å². The molecule has 3 rings (SSSR count). The SMILES string of the molecule is O=C(CCc1nc2ccccc2s1)NCCCOc1ncc(C(F)(F)F)cc1Cl. The van der Waals surface area contributed by atoms with E-state index >= 15 is 0 Å². The number of rotatable bonds is 8. The molecule has 1 aromatic carbocycles. The number of ether oxygens (including phenoxy) is 1. The second-order valence-corrected chi connectivity index (χ2v) is 7.66. The van der Waals surface area contributed by atoms with Gasteiger partial charge in [0.2, 0.25) is 11.8 Å². The summed E-state index contributed by atoms with van der Waals surface area (Å²) in [4.78, 5) is 20.0. The van der Waals surface area contributed by atoms with Gasteiger partial charge in [-0.3, -0.25) is 4.79 Å². The summed E-state index contributed by atoms with van der Waals surface area (Å²) in [6, 6.07) is 8.58. The number of amides is 1. The van der Waals surface area contributed by atoms with Crippen molar-refractivity contribution in [2.45, 2.75) is 25.4 Å². The number of carbonyl (C=O) groups excluding carboxylic acids is 1. The normalized spacial score (nSPS) is 11.6. The summed E-state index contributed by atoms with van der Waals surface area (Å²) in [7, 11) is 0. The van der Waals surface area contributed by atoms with Crippen LogP contribution in [0.25, 0.3) is 10.2 Å². The van der Waals surface area contributed by atoms with E-state index < -0.39 is 11.7 Å². The molecule has 10 heteroatoms. The van der Waals surface area contributed by atoms with Crippen molar-refractivity contribution in [1.82, 2.24) is 15.3 Å². The van der Waals surface area contributed by atoms with E-state index in [1.54, 1.807) is 11.3 Å². The fourth-order valence-corrected chi connectivity index (χ4v) is 3.68. The molecule has 5 nitrogen and oxygen atoms in total. The maximum atomic E-state index is 12.6. The molecule has 2 aromatic heterocycles. The molecule has 0 spiro atoms. The second-order valence-electron chi connectivity index (χ2n) is 6.14. The number of fused-ring (bicyclic) bond motifs is 1. The third kappa shape index (κ3) is 6.04. The molecule has 29 heavy (non-hydrogen) atoms. The van der Waals surface area contributed by atoms with Gasteiger partial charge in [0.05, 0.1) is 27.4 Å². The fraction of sp³-hybridized carbons (Fsp3) is 0.316. The van der Waals surface area contributed by atoms with E-state index in [1.165, 1.54) is 0 Å². The topological polar surface area (TPSA) is 64.1 Å². The Hall–Kier alpha value is -2.39. The lowest BCUT2D eigenvalue weighted by Gasteiger charge is -2.10. The average Bonchev–Trinajstić information content (AvgIpc) is 3.09. The Kier molecular flexibility index (Phi) is 6.92. The highest BCUT2D eigenvalue weighted by Gasteiger charge is 2.31. The van der Waals surface area contributed by atoms with Gasteiger partial charge in [0, 0.05) is 25.6 Å². The highest BCUT2D eigenvalue weighted by atomic mass is 35.5. The minimum Gasteiger partial charge on any atom is -0.477 e. The van der Waals surface area contributed by atoms with Crippen molar-refractivity contribution in [2.75, 3.05) is 13.2 Å². The number of aromatic nitrogens is 2. The van der Waals surface area contributed by atoms with Crippen LogP contribution in [-0.4, -0.2) is 29.0 Å². The Bertz CT molecular complexity index is 961. The minimum absolute atomic E-state index is 0.0678. The van der Waals surface area contributed by atoms with Gasteiger partial charge in [-0.05, 0) is 24.6 Å². The van der Waals surface area contributed by atoms with E-state index in [1.807, 2.05) is 24.3 Å². The van der Waals surface area contributed by atoms with Crippen LogP contribution >= 0.6 is 22.9 Å². The number of hydrogen-bond acceptors (Lipinski definition) is 5. The predicted molar refractivity (Wildman–Crippen MR) is 105 cm³/mol. The van der Waals surface area contributed by atoms with Gasteiger partial charge in [0.25, 0.3) is 0 Å². The first kappa shape index (κ1) is 21.3. The minimum atomic E-state index is -4.51. The van der Waals surface area contributed by atoms with E-state index in [0.717, 1.165) is 21.3 Å². The van der Waals surface area contributed by atoms with Gasteiger partial charge >= 0.3 is 6.18 Å². The molecule has 0 unspecified atom stereocenters. The molecule has 0 aliphatic heterocycles. The summed E-state index contributed by atoms with van der Waals surface area (Å²) in [5.74, 6) is -0.170. The van der Waals surface area contributed by atoms with Gasteiger partial charge < -0.3 is 10.1 Å². The molecule has 0 saturated carbocycles. The summed E-state index contributed by atoms with van der Waals surface area (Å²) in [6.45, 7) is 0.535. The van der Waals surface area contributed by atoms with Crippen LogP contribution in [0.3, 0.4) is 0 Å². The summed E-state index contributed by atoms with van der Waals surface area (Å²) < 4.78 is 44.1. The summed E-state index contributed by atoms with van der Waals surface area (Å²) in [5.41, 5.74) is -0.00386. The molecule has 2 heterocycles. The predicted octanol–water partition coefficient (Wildman–Crippen LogP) is 4.88. The summed E-state index contributed by atoms with van der Waals surface area (Å²) in [5, 5.41) is 3.47. The van der Waals surface area contributed by atoms with Crippen molar-refractivity contribution in [2.24, 2.45) is 0 Å². The smallest absolute Gasteiger partial charge is 0.417 e. The summed E-state index contributed by atoms with van der Waals surface area (Å²) in [6.07, 6.45) is -2.48. The lowest BCUT2D eigenvalue weighted by molar-refractivity contribution is -0.137. The highest BCUT2D eigenvalue weighted by Crippen LogP contribution is 2.33. The number of nitrogens with zero attached hydrogens (tertiary/aromatic N) is 2. The van der Waals surface area contributed by atoms with Gasteiger partial charge in [-0.25, -0.2) is 9.97 Å². The third-order valence-electron chi connectivity index (χ3n) is 3.92. The molecule has 0 atom stereocenters. The number of para-hydroxylation sites is 1. The van der Waals surface area contributed by atoms with Gasteiger partial charge in [-0.1, -0.05) is 23.7 Å². The van der Waals surface area contributed by atoms with Gasteiger partial charge in [-0.2, -0.15) is 13.2 Å². The molecule has 3 aromatic rings. The largest absolute Gasteiger partial charge is 0.477 e. The Labute approximate surface area is 173 Å². The number of carbonyl (C=O) groups is 1. The Morgan fingerprint density at radius 1 is 1.28 bits per heavy atom. The van der Waals surface area contributed by atoms with Crippen LogP contribution < -0.4 is 10.1 Å². The van der Waals surface area contributed by atoms with Crippen molar-refractivity contribution in [3.8, 4) is 5.88 Å². The number of nitrogens with one attached hydrogen (secondary N) is 1. The van der Waals surface area contributed by atoms with Crippen LogP contribution in [0.4, 0.5) is 13.2 Å². The van der Waals surface area contributed by atoms with E-state index in [-0.39, 0.29) is 23.4 Å². The van der Waals surface area contributed by atoms with E-state index in [4.69, 9.17) is 16.3 Å². The Balaban J connectivity index is 1.35. The zero-order valence-electron chi connectivity index (χ0n) is 15.1. The van der Waals surface area contributed by atoms with Crippen LogP contribution in [0.5, 0.6) is 5.88 Å². The van der Waals surface area contributed by atoms with Crippen LogP contribution in [0.2, 0.25) is 5.02 Å². The first-order chi connectivity index (χ1) is 13.8. The zero-order valence-corrected chi connectivity index (χ0v) is 16.7. The standard InChI is InChI=1S/C19H17ClF3N3O2S/c20-13-10-12(19(21,22)23)11-25-18(13)28-9-3-8-24-16(27)6-7-17-26-14-4-1-2-5-15(14)29-17/h1-2,4-5,10-11H,3,6-9H2,(H,24,27). The van der Waals surface area contributed by atoms with Gasteiger partial charge in [0.1, 0.15) is 5.02 Å². The van der Waals surface area contributed by atoms with E-state index in [0.29, 0.717) is 32.0 Å². The highest BCUT2D eigenvalue weighted by molar-refractivity contribution is 7.18. The molecule has 0 saturated heterocycles. The third-order valence-corrected chi connectivity index (χ3v) is 5.29. The van der Waals surface area contributed by atoms with Crippen LogP contribution in [0, 0.1) is 0 Å². The molecular weight excluding hydrogens is 427 g/mol. The summed E-state index contributed by atoms with van der Waals surface area (Å²) >= 11 is 7.34. The van der Waals surface area contributed by atoms with Crippen LogP contribution in [0.1, 0.15) is 23.4 Å². The molecule has 0 aliphatic carbocycles. The molecule has 0 bridgehead atoms. The maximum absolute atomic E-state index is 12.6. The van der Waals surface area contributed by atoms with Crippen molar-refractivity contribution in [3.63, 3.8) is 0 Å². The quantitative estimate of drug-likeness (QED) is 0.504. The number of alkyl halides is 3. The second kappa shape index (κ2) is 9.41. The fourth-order valence-electron chi connectivity index (χ4n) is 2.49. The molecule has 0 radical (unpaired) electrons. The molecule has 0 fully saturated rings. The lowest BCUT2D eigenvalue weighted by atomic mass is 10.3. The first-order valence-electron chi connectivity index (χ1n) is 8.79. The molecule has 1 amide bonds. The number of pyridine rings is 1. The average molecular weight is 444 g/mol. The molecule has 154 valence electrons. The van der Waals surface area contributed by atoms with Crippen LogP contribution in [-0.2, 0) is 17.4 Å². The molecular formula is C19H17ClF3N3O2S. The zero-order chi connectivity index (χ0) is 20.9. The Morgan fingerprint density at radius 3 is 2.79 bits per heavy atom. The van der Waals surface area contributed by atoms with Crippen molar-refractivity contribution < 1.29 is 22.7 Å². The van der Waals surface area contributed by atoms with Crippen molar-refractivity contribution in [3.05, 3.63) is 52.1 Å². The number of halogens is 4. The molecule has 0 aliphatic rings. The van der Waals surface area contributed by atoms with E-state index in [9.17, 15) is 18.0 Å². The number of benzene rings is 1. The number of thiazole rings is 1. The first-order valence-corrected chi connectivity index (χ1v) is 9.99. The number of hydrogen-bond donors (Lipinski definition) is 1. The monoisotopic (exact) mass is 443 g/mol. The van der Waals surface area contributed by atoms with Gasteiger partial charge in [0.15, 0.2) is 0 Å². The van der Waals surface area contributed by atoms with Gasteiger partial charge in [-0.15, -0.1) is 11.3 Å². The van der Waals surface area contributed by atoms with Crippen LogP contribution in [0.15, 0.2) is 36.5 Å². The lowest BCUT2D eigenvalue weighted by Crippen LogP contribution is -2.25.